The molecule has 2 atom stereocenters. The summed E-state index contributed by atoms with van der Waals surface area (Å²) in [6, 6.07) is 21.7. The van der Waals surface area contributed by atoms with E-state index in [0.29, 0.717) is 29.8 Å². The van der Waals surface area contributed by atoms with E-state index >= 15 is 0 Å². The van der Waals surface area contributed by atoms with Crippen molar-refractivity contribution in [2.75, 3.05) is 4.90 Å². The molecule has 1 aliphatic heterocycles. The summed E-state index contributed by atoms with van der Waals surface area (Å²) in [6.07, 6.45) is 2.53. The van der Waals surface area contributed by atoms with Gasteiger partial charge in [0.2, 0.25) is 0 Å². The van der Waals surface area contributed by atoms with Crippen molar-refractivity contribution in [1.82, 2.24) is 4.98 Å². The number of aromatic nitrogens is 1. The maximum Gasteiger partial charge on any atom is 0.162 e. The number of rotatable bonds is 3. The molecule has 1 aromatic heterocycles. The molecule has 2 aromatic carbocycles. The molecule has 5 rings (SSSR count). The van der Waals surface area contributed by atoms with Gasteiger partial charge in [0.15, 0.2) is 5.78 Å². The largest absolute Gasteiger partial charge is 0.384 e. The number of hydrogen-bond donors (Lipinski definition) is 1. The van der Waals surface area contributed by atoms with E-state index in [-0.39, 0.29) is 28.9 Å². The Kier molecular flexibility index (Phi) is 5.76. The number of pyridine rings is 1. The van der Waals surface area contributed by atoms with E-state index in [1.54, 1.807) is 29.3 Å². The van der Waals surface area contributed by atoms with E-state index in [2.05, 4.69) is 27.0 Å². The SMILES string of the molecule is N#CC1=C(N)N(c2ccc(Br)cn2)C2=C(C(=O)C[C@@H](c3ccccc3)C2)[C@H]1c1ccc(F)cc1. The van der Waals surface area contributed by atoms with Crippen LogP contribution in [0.2, 0.25) is 0 Å². The second-order valence-electron chi connectivity index (χ2n) is 8.36. The second kappa shape index (κ2) is 8.88. The number of hydrogen-bond acceptors (Lipinski definition) is 5. The van der Waals surface area contributed by atoms with Crippen molar-refractivity contribution in [3.8, 4) is 6.07 Å². The average Bonchev–Trinajstić information content (AvgIpc) is 2.85. The minimum Gasteiger partial charge on any atom is -0.384 e. The van der Waals surface area contributed by atoms with Gasteiger partial charge in [0.1, 0.15) is 17.5 Å². The van der Waals surface area contributed by atoms with Crippen LogP contribution in [0.1, 0.15) is 35.8 Å². The Balaban J connectivity index is 1.72. The highest BCUT2D eigenvalue weighted by Gasteiger charge is 2.43. The molecule has 34 heavy (non-hydrogen) atoms. The molecular weight excluding hydrogens is 495 g/mol. The molecular formula is C27H20BrFN4O. The zero-order valence-electron chi connectivity index (χ0n) is 18.1. The molecule has 2 N–H and O–H groups in total. The quantitative estimate of drug-likeness (QED) is 0.485. The van der Waals surface area contributed by atoms with Gasteiger partial charge in [-0.2, -0.15) is 5.26 Å². The van der Waals surface area contributed by atoms with Crippen molar-refractivity contribution in [3.63, 3.8) is 0 Å². The maximum absolute atomic E-state index is 13.7. The van der Waals surface area contributed by atoms with Crippen LogP contribution in [0.15, 0.2) is 100 Å². The van der Waals surface area contributed by atoms with Crippen LogP contribution in [0.3, 0.4) is 0 Å². The number of carbonyl (C=O) groups excluding carboxylic acids is 1. The first-order chi connectivity index (χ1) is 16.5. The third-order valence-corrected chi connectivity index (χ3v) is 6.85. The molecule has 2 aliphatic rings. The molecule has 5 nitrogen and oxygen atoms in total. The van der Waals surface area contributed by atoms with E-state index < -0.39 is 5.92 Å². The highest BCUT2D eigenvalue weighted by atomic mass is 79.9. The molecule has 168 valence electrons. The molecule has 2 heterocycles. The number of nitrogens with zero attached hydrogens (tertiary/aromatic N) is 3. The third-order valence-electron chi connectivity index (χ3n) is 6.38. The van der Waals surface area contributed by atoms with Crippen LogP contribution in [-0.2, 0) is 4.79 Å². The van der Waals surface area contributed by atoms with E-state index in [1.165, 1.54) is 12.1 Å². The van der Waals surface area contributed by atoms with Crippen molar-refractivity contribution < 1.29 is 9.18 Å². The Morgan fingerprint density at radius 1 is 1.03 bits per heavy atom. The number of Topliss-reactive ketones (excluding diaryl/α,β-unsaturated/α-hetero) is 1. The smallest absolute Gasteiger partial charge is 0.162 e. The standard InChI is InChI=1S/C27H20BrFN4O/c28-19-8-11-24(32-15-19)33-22-12-18(16-4-2-1-3-5-16)13-23(34)26(22)25(21(14-30)27(33)31)17-6-9-20(29)10-7-17/h1-11,15,18,25H,12-13,31H2/t18-,25-/m0/s1. The summed E-state index contributed by atoms with van der Waals surface area (Å²) in [5.41, 5.74) is 9.83. The first-order valence-corrected chi connectivity index (χ1v) is 11.6. The number of allylic oxidation sites excluding steroid dienone is 3. The number of carbonyl (C=O) groups is 1. The third kappa shape index (κ3) is 3.80. The summed E-state index contributed by atoms with van der Waals surface area (Å²) in [7, 11) is 0. The van der Waals surface area contributed by atoms with Gasteiger partial charge in [-0.1, -0.05) is 42.5 Å². The van der Waals surface area contributed by atoms with Crippen molar-refractivity contribution in [1.29, 1.82) is 5.26 Å². The summed E-state index contributed by atoms with van der Waals surface area (Å²) >= 11 is 3.40. The van der Waals surface area contributed by atoms with Crippen LogP contribution in [0.25, 0.3) is 0 Å². The van der Waals surface area contributed by atoms with Crippen LogP contribution in [0, 0.1) is 17.1 Å². The predicted molar refractivity (Wildman–Crippen MR) is 131 cm³/mol. The van der Waals surface area contributed by atoms with E-state index in [1.807, 2.05) is 36.4 Å². The molecule has 1 aliphatic carbocycles. The number of nitriles is 1. The zero-order valence-corrected chi connectivity index (χ0v) is 19.7. The van der Waals surface area contributed by atoms with Crippen LogP contribution in [0.5, 0.6) is 0 Å². The van der Waals surface area contributed by atoms with Crippen LogP contribution < -0.4 is 10.6 Å². The lowest BCUT2D eigenvalue weighted by molar-refractivity contribution is -0.116. The van der Waals surface area contributed by atoms with Crippen LogP contribution in [0.4, 0.5) is 10.2 Å². The van der Waals surface area contributed by atoms with Gasteiger partial charge in [-0.15, -0.1) is 0 Å². The lowest BCUT2D eigenvalue weighted by Gasteiger charge is -2.41. The van der Waals surface area contributed by atoms with Gasteiger partial charge < -0.3 is 5.73 Å². The summed E-state index contributed by atoms with van der Waals surface area (Å²) in [6.45, 7) is 0. The highest BCUT2D eigenvalue weighted by molar-refractivity contribution is 9.10. The molecule has 0 bridgehead atoms. The number of ketones is 1. The Morgan fingerprint density at radius 3 is 2.41 bits per heavy atom. The molecule has 3 aromatic rings. The summed E-state index contributed by atoms with van der Waals surface area (Å²) in [5.74, 6) is -0.366. The molecule has 0 radical (unpaired) electrons. The van der Waals surface area contributed by atoms with Crippen LogP contribution in [-0.4, -0.2) is 10.8 Å². The minimum absolute atomic E-state index is 0.0318. The highest BCUT2D eigenvalue weighted by Crippen LogP contribution is 2.48. The maximum atomic E-state index is 13.7. The average molecular weight is 515 g/mol. The summed E-state index contributed by atoms with van der Waals surface area (Å²) in [5, 5.41) is 10.1. The number of nitrogens with two attached hydrogens (primary N) is 1. The van der Waals surface area contributed by atoms with Gasteiger partial charge in [-0.25, -0.2) is 9.37 Å². The fraction of sp³-hybridized carbons (Fsp3) is 0.148. The van der Waals surface area contributed by atoms with Crippen molar-refractivity contribution in [3.05, 3.63) is 117 Å². The first-order valence-electron chi connectivity index (χ1n) is 10.9. The van der Waals surface area contributed by atoms with E-state index in [0.717, 1.165) is 15.7 Å². The van der Waals surface area contributed by atoms with Gasteiger partial charge in [0.25, 0.3) is 0 Å². The molecule has 0 spiro atoms. The van der Waals surface area contributed by atoms with Crippen molar-refractivity contribution in [2.45, 2.75) is 24.7 Å². The minimum atomic E-state index is -0.656. The van der Waals surface area contributed by atoms with Gasteiger partial charge in [-0.05, 0) is 63.7 Å². The number of benzene rings is 2. The predicted octanol–water partition coefficient (Wildman–Crippen LogP) is 5.68. The van der Waals surface area contributed by atoms with Crippen molar-refractivity contribution >= 4 is 27.5 Å². The van der Waals surface area contributed by atoms with Crippen LogP contribution >= 0.6 is 15.9 Å². The van der Waals surface area contributed by atoms with Crippen molar-refractivity contribution in [2.24, 2.45) is 5.73 Å². The molecule has 0 saturated heterocycles. The lowest BCUT2D eigenvalue weighted by Crippen LogP contribution is -2.40. The number of anilines is 1. The Hall–Kier alpha value is -3.76. The van der Waals surface area contributed by atoms with E-state index in [4.69, 9.17) is 5.73 Å². The van der Waals surface area contributed by atoms with E-state index in [9.17, 15) is 14.4 Å². The summed E-state index contributed by atoms with van der Waals surface area (Å²) in [4.78, 5) is 19.9. The molecule has 0 amide bonds. The van der Waals surface area contributed by atoms with Gasteiger partial charge in [-0.3, -0.25) is 9.69 Å². The molecule has 0 fully saturated rings. The lowest BCUT2D eigenvalue weighted by atomic mass is 9.72. The van der Waals surface area contributed by atoms with Gasteiger partial charge in [0.05, 0.1) is 17.6 Å². The zero-order chi connectivity index (χ0) is 23.8. The monoisotopic (exact) mass is 514 g/mol. The normalized spacial score (nSPS) is 20.3. The molecule has 7 heteroatoms. The fourth-order valence-corrected chi connectivity index (χ4v) is 5.08. The summed E-state index contributed by atoms with van der Waals surface area (Å²) < 4.78 is 14.5. The Bertz CT molecular complexity index is 1360. The molecule has 0 unspecified atom stereocenters. The Morgan fingerprint density at radius 2 is 1.76 bits per heavy atom. The van der Waals surface area contributed by atoms with Gasteiger partial charge in [0, 0.05) is 28.4 Å². The fourth-order valence-electron chi connectivity index (χ4n) is 4.84. The first kappa shape index (κ1) is 22.1. The van der Waals surface area contributed by atoms with Gasteiger partial charge >= 0.3 is 0 Å². The number of halogens is 2. The molecule has 0 saturated carbocycles. The topological polar surface area (TPSA) is 83.0 Å². The Labute approximate surface area is 205 Å². The second-order valence-corrected chi connectivity index (χ2v) is 9.28.